The molecule has 0 spiro atoms. The van der Waals surface area contributed by atoms with Gasteiger partial charge in [0.15, 0.2) is 10.8 Å². The highest BCUT2D eigenvalue weighted by Gasteiger charge is 2.10. The lowest BCUT2D eigenvalue weighted by molar-refractivity contribution is 0.194. The first-order valence-electron chi connectivity index (χ1n) is 6.61. The van der Waals surface area contributed by atoms with Crippen LogP contribution in [0.1, 0.15) is 11.1 Å². The van der Waals surface area contributed by atoms with Gasteiger partial charge in [0.05, 0.1) is 0 Å². The third kappa shape index (κ3) is 2.73. The molecule has 0 aliphatic rings. The molecule has 1 amide bonds. The summed E-state index contributed by atoms with van der Waals surface area (Å²) in [5, 5.41) is 15.6. The second-order valence-corrected chi connectivity index (χ2v) is 5.26. The Bertz CT molecular complexity index is 860. The van der Waals surface area contributed by atoms with Crippen LogP contribution in [0.3, 0.4) is 0 Å². The zero-order valence-corrected chi connectivity index (χ0v) is 12.5. The number of nitrogens with one attached hydrogen (secondary N) is 1. The van der Waals surface area contributed by atoms with E-state index in [0.29, 0.717) is 5.15 Å². The van der Waals surface area contributed by atoms with Crippen molar-refractivity contribution in [2.75, 3.05) is 0 Å². The number of halogens is 1. The van der Waals surface area contributed by atoms with Crippen molar-refractivity contribution in [3.05, 3.63) is 52.9 Å². The summed E-state index contributed by atoms with van der Waals surface area (Å²) in [7, 11) is 0. The molecule has 22 heavy (non-hydrogen) atoms. The predicted molar refractivity (Wildman–Crippen MR) is 83.0 cm³/mol. The Morgan fingerprint density at radius 3 is 2.95 bits per heavy atom. The van der Waals surface area contributed by atoms with E-state index in [-0.39, 0.29) is 6.54 Å². The Labute approximate surface area is 131 Å². The first kappa shape index (κ1) is 14.3. The Hall–Kier alpha value is -2.60. The minimum absolute atomic E-state index is 0.275. The van der Waals surface area contributed by atoms with E-state index in [1.54, 1.807) is 23.0 Å². The first-order chi connectivity index (χ1) is 10.5. The molecular formula is C15H13ClN4O2. The highest BCUT2D eigenvalue weighted by molar-refractivity contribution is 6.29. The molecule has 0 saturated heterocycles. The monoisotopic (exact) mass is 316 g/mol. The van der Waals surface area contributed by atoms with Gasteiger partial charge in [-0.1, -0.05) is 29.8 Å². The maximum absolute atomic E-state index is 10.6. The van der Waals surface area contributed by atoms with Crippen LogP contribution in [-0.2, 0) is 6.54 Å². The maximum atomic E-state index is 10.6. The summed E-state index contributed by atoms with van der Waals surface area (Å²) < 4.78 is 1.63. The van der Waals surface area contributed by atoms with Gasteiger partial charge in [-0.05, 0) is 29.7 Å². The highest BCUT2D eigenvalue weighted by atomic mass is 35.5. The number of carboxylic acid groups (broad SMARTS) is 1. The number of amides is 1. The van der Waals surface area contributed by atoms with Crippen molar-refractivity contribution in [2.24, 2.45) is 0 Å². The van der Waals surface area contributed by atoms with Gasteiger partial charge in [-0.25, -0.2) is 14.3 Å². The first-order valence-corrected chi connectivity index (χ1v) is 6.99. The molecule has 2 heterocycles. The second-order valence-electron chi connectivity index (χ2n) is 4.88. The van der Waals surface area contributed by atoms with Crippen molar-refractivity contribution < 1.29 is 9.90 Å². The minimum atomic E-state index is -1.04. The van der Waals surface area contributed by atoms with Crippen LogP contribution >= 0.6 is 11.6 Å². The smallest absolute Gasteiger partial charge is 0.404 e. The van der Waals surface area contributed by atoms with Crippen LogP contribution < -0.4 is 5.32 Å². The van der Waals surface area contributed by atoms with Crippen LogP contribution in [-0.4, -0.2) is 25.8 Å². The number of aromatic nitrogens is 3. The van der Waals surface area contributed by atoms with Crippen LogP contribution in [0.2, 0.25) is 5.15 Å². The van der Waals surface area contributed by atoms with Crippen LogP contribution in [0.4, 0.5) is 4.79 Å². The molecule has 112 valence electrons. The zero-order valence-electron chi connectivity index (χ0n) is 11.7. The molecule has 7 heteroatoms. The zero-order chi connectivity index (χ0) is 15.7. The average molecular weight is 317 g/mol. The molecule has 0 bridgehead atoms. The quantitative estimate of drug-likeness (QED) is 0.778. The third-order valence-corrected chi connectivity index (χ3v) is 3.60. The summed E-state index contributed by atoms with van der Waals surface area (Å²) in [6.45, 7) is 2.21. The van der Waals surface area contributed by atoms with E-state index < -0.39 is 6.09 Å². The van der Waals surface area contributed by atoms with Crippen molar-refractivity contribution in [3.8, 4) is 11.1 Å². The lowest BCUT2D eigenvalue weighted by Gasteiger charge is -2.10. The van der Waals surface area contributed by atoms with Gasteiger partial charge in [-0.2, -0.15) is 5.10 Å². The largest absolute Gasteiger partial charge is 0.465 e. The second kappa shape index (κ2) is 5.65. The molecule has 0 aliphatic heterocycles. The molecule has 0 atom stereocenters. The van der Waals surface area contributed by atoms with E-state index in [9.17, 15) is 4.79 Å². The highest BCUT2D eigenvalue weighted by Crippen LogP contribution is 2.27. The van der Waals surface area contributed by atoms with Crippen molar-refractivity contribution in [1.29, 1.82) is 0 Å². The molecule has 0 radical (unpaired) electrons. The van der Waals surface area contributed by atoms with E-state index in [4.69, 9.17) is 16.7 Å². The van der Waals surface area contributed by atoms with E-state index >= 15 is 0 Å². The molecule has 0 fully saturated rings. The lowest BCUT2D eigenvalue weighted by atomic mass is 10.0. The topological polar surface area (TPSA) is 79.5 Å². The van der Waals surface area contributed by atoms with E-state index in [1.165, 1.54) is 0 Å². The fourth-order valence-electron chi connectivity index (χ4n) is 2.33. The van der Waals surface area contributed by atoms with Crippen LogP contribution in [0.15, 0.2) is 36.7 Å². The molecule has 0 unspecified atom stereocenters. The molecule has 0 saturated carbocycles. The number of benzene rings is 1. The number of rotatable bonds is 3. The SMILES string of the molecule is Cc1cc(-c2cc(Cl)nn3ccnc23)ccc1CNC(=O)O. The van der Waals surface area contributed by atoms with Gasteiger partial charge in [-0.3, -0.25) is 0 Å². The third-order valence-electron chi connectivity index (χ3n) is 3.41. The van der Waals surface area contributed by atoms with Gasteiger partial charge in [0.25, 0.3) is 0 Å². The Kier molecular flexibility index (Phi) is 3.68. The number of fused-ring (bicyclic) bond motifs is 1. The molecule has 6 nitrogen and oxygen atoms in total. The van der Waals surface area contributed by atoms with E-state index in [1.807, 2.05) is 25.1 Å². The van der Waals surface area contributed by atoms with E-state index in [2.05, 4.69) is 15.4 Å². The fraction of sp³-hybridized carbons (Fsp3) is 0.133. The molecule has 2 aromatic heterocycles. The number of carbonyl (C=O) groups is 1. The number of nitrogens with zero attached hydrogens (tertiary/aromatic N) is 3. The predicted octanol–water partition coefficient (Wildman–Crippen LogP) is 3.13. The van der Waals surface area contributed by atoms with Crippen molar-refractivity contribution in [3.63, 3.8) is 0 Å². The van der Waals surface area contributed by atoms with Crippen molar-refractivity contribution >= 4 is 23.3 Å². The van der Waals surface area contributed by atoms with Crippen LogP contribution in [0.5, 0.6) is 0 Å². The Balaban J connectivity index is 2.02. The summed E-state index contributed by atoms with van der Waals surface area (Å²) in [6.07, 6.45) is 2.37. The fourth-order valence-corrected chi connectivity index (χ4v) is 2.52. The minimum Gasteiger partial charge on any atom is -0.465 e. The standard InChI is InChI=1S/C15H13ClN4O2/c1-9-6-10(2-3-11(9)8-18-15(21)22)12-7-13(16)19-20-5-4-17-14(12)20/h2-7,18H,8H2,1H3,(H,21,22). The number of imidazole rings is 1. The number of aryl methyl sites for hydroxylation is 1. The van der Waals surface area contributed by atoms with Crippen LogP contribution in [0, 0.1) is 6.92 Å². The van der Waals surface area contributed by atoms with Gasteiger partial charge < -0.3 is 10.4 Å². The normalized spacial score (nSPS) is 10.8. The summed E-state index contributed by atoms with van der Waals surface area (Å²) in [5.74, 6) is 0. The van der Waals surface area contributed by atoms with Crippen molar-refractivity contribution in [1.82, 2.24) is 19.9 Å². The summed E-state index contributed by atoms with van der Waals surface area (Å²) in [6, 6.07) is 7.58. The molecule has 2 N–H and O–H groups in total. The average Bonchev–Trinajstić information content (AvgIpc) is 2.93. The molecule has 1 aromatic carbocycles. The Morgan fingerprint density at radius 1 is 1.41 bits per heavy atom. The Morgan fingerprint density at radius 2 is 2.23 bits per heavy atom. The summed E-state index contributed by atoms with van der Waals surface area (Å²) in [5.41, 5.74) is 4.47. The van der Waals surface area contributed by atoms with Gasteiger partial charge in [0.2, 0.25) is 0 Å². The van der Waals surface area contributed by atoms with Gasteiger partial charge >= 0.3 is 6.09 Å². The van der Waals surface area contributed by atoms with E-state index in [0.717, 1.165) is 27.9 Å². The number of hydrogen-bond donors (Lipinski definition) is 2. The van der Waals surface area contributed by atoms with Crippen LogP contribution in [0.25, 0.3) is 16.8 Å². The van der Waals surface area contributed by atoms with Gasteiger partial charge in [-0.15, -0.1) is 0 Å². The molecule has 0 aliphatic carbocycles. The van der Waals surface area contributed by atoms with Crippen molar-refractivity contribution in [2.45, 2.75) is 13.5 Å². The summed E-state index contributed by atoms with van der Waals surface area (Å²) in [4.78, 5) is 14.9. The molecule has 3 aromatic rings. The molecule has 3 rings (SSSR count). The van der Waals surface area contributed by atoms with Gasteiger partial charge in [0.1, 0.15) is 0 Å². The molecular weight excluding hydrogens is 304 g/mol. The number of hydrogen-bond acceptors (Lipinski definition) is 3. The summed E-state index contributed by atoms with van der Waals surface area (Å²) >= 11 is 6.05. The maximum Gasteiger partial charge on any atom is 0.404 e. The lowest BCUT2D eigenvalue weighted by Crippen LogP contribution is -2.20. The van der Waals surface area contributed by atoms with Gasteiger partial charge in [0, 0.05) is 24.5 Å².